The molecule has 3 aliphatic rings. The first-order valence-electron chi connectivity index (χ1n) is 11.4. The third-order valence-electron chi connectivity index (χ3n) is 7.04. The van der Waals surface area contributed by atoms with Gasteiger partial charge in [0.25, 0.3) is 0 Å². The van der Waals surface area contributed by atoms with Gasteiger partial charge in [0.1, 0.15) is 11.6 Å². The van der Waals surface area contributed by atoms with Gasteiger partial charge in [0.2, 0.25) is 17.7 Å². The van der Waals surface area contributed by atoms with Gasteiger partial charge in [-0.05, 0) is 51.9 Å². The maximum Gasteiger partial charge on any atom is 0.246 e. The van der Waals surface area contributed by atoms with E-state index >= 15 is 0 Å². The van der Waals surface area contributed by atoms with Crippen LogP contribution in [0.1, 0.15) is 67.2 Å². The highest BCUT2D eigenvalue weighted by molar-refractivity contribution is 5.99. The summed E-state index contributed by atoms with van der Waals surface area (Å²) in [7, 11) is 1.56. The highest BCUT2D eigenvalue weighted by Crippen LogP contribution is 2.63. The highest BCUT2D eigenvalue weighted by Gasteiger charge is 2.77. The van der Waals surface area contributed by atoms with Gasteiger partial charge in [0, 0.05) is 25.7 Å². The molecule has 176 valence electrons. The average molecular weight is 438 g/mol. The fraction of sp³-hybridized carbons (Fsp3) is 0.870. The summed E-state index contributed by atoms with van der Waals surface area (Å²) in [4.78, 5) is 41.6. The molecule has 0 radical (unpaired) electrons. The molecule has 3 N–H and O–H groups in total. The quantitative estimate of drug-likeness (QED) is 0.555. The van der Waals surface area contributed by atoms with Gasteiger partial charge in [-0.25, -0.2) is 0 Å². The van der Waals surface area contributed by atoms with E-state index in [1.165, 1.54) is 0 Å². The molecule has 5 atom stereocenters. The molecule has 8 heteroatoms. The molecule has 0 aromatic carbocycles. The van der Waals surface area contributed by atoms with Gasteiger partial charge >= 0.3 is 0 Å². The summed E-state index contributed by atoms with van der Waals surface area (Å²) in [5.41, 5.74) is -2.24. The van der Waals surface area contributed by atoms with Crippen molar-refractivity contribution < 1.29 is 24.2 Å². The largest absolute Gasteiger partial charge is 0.396 e. The minimum Gasteiger partial charge on any atom is -0.396 e. The molecule has 2 bridgehead atoms. The minimum absolute atomic E-state index is 0.0137. The SMILES string of the molecule is CNC(=O)[C@@H]1[C@H]2C(=O)N(CCCO)C(C(=O)NC(C)(C)CC(C)(C)C)C23CC[C@@]1(C)O3. The first-order chi connectivity index (χ1) is 14.2. The monoisotopic (exact) mass is 437 g/mol. The van der Waals surface area contributed by atoms with Crippen molar-refractivity contribution in [3.8, 4) is 0 Å². The lowest BCUT2D eigenvalue weighted by Crippen LogP contribution is -2.59. The number of nitrogens with zero attached hydrogens (tertiary/aromatic N) is 1. The average Bonchev–Trinajstić information content (AvgIpc) is 3.17. The highest BCUT2D eigenvalue weighted by atomic mass is 16.5. The summed E-state index contributed by atoms with van der Waals surface area (Å²) in [6.07, 6.45) is 2.31. The van der Waals surface area contributed by atoms with Crippen molar-refractivity contribution >= 4 is 17.7 Å². The van der Waals surface area contributed by atoms with E-state index < -0.39 is 34.6 Å². The summed E-state index contributed by atoms with van der Waals surface area (Å²) >= 11 is 0. The van der Waals surface area contributed by atoms with E-state index in [2.05, 4.69) is 31.4 Å². The molecular weight excluding hydrogens is 398 g/mol. The van der Waals surface area contributed by atoms with Crippen LogP contribution in [0.15, 0.2) is 0 Å². The van der Waals surface area contributed by atoms with Crippen LogP contribution in [0.2, 0.25) is 0 Å². The lowest BCUT2D eigenvalue weighted by atomic mass is 9.66. The first-order valence-corrected chi connectivity index (χ1v) is 11.4. The molecule has 0 aromatic heterocycles. The van der Waals surface area contributed by atoms with E-state index in [0.29, 0.717) is 19.3 Å². The molecular formula is C23H39N3O5. The number of fused-ring (bicyclic) bond motifs is 1. The van der Waals surface area contributed by atoms with E-state index in [4.69, 9.17) is 4.74 Å². The van der Waals surface area contributed by atoms with Crippen molar-refractivity contribution in [2.45, 2.75) is 90.0 Å². The third-order valence-corrected chi connectivity index (χ3v) is 7.04. The minimum atomic E-state index is -1.01. The van der Waals surface area contributed by atoms with Crippen molar-refractivity contribution in [3.05, 3.63) is 0 Å². The standard InChI is InChI=1S/C23H39N3O5/c1-20(2,3)13-21(4,5)25-18(29)16-23-10-9-22(6,31-23)14(17(28)24-7)15(23)19(30)26(16)11-8-12-27/h14-16,27H,8-13H2,1-7H3,(H,24,28)(H,25,29)/t14-,15-,16?,22+,23?/m0/s1. The zero-order valence-corrected chi connectivity index (χ0v) is 20.0. The van der Waals surface area contributed by atoms with E-state index in [0.717, 1.165) is 6.42 Å². The van der Waals surface area contributed by atoms with Gasteiger partial charge in [0.15, 0.2) is 0 Å². The third kappa shape index (κ3) is 3.97. The molecule has 31 heavy (non-hydrogen) atoms. The topological polar surface area (TPSA) is 108 Å². The Morgan fingerprint density at radius 3 is 2.39 bits per heavy atom. The Labute approximate surface area is 185 Å². The van der Waals surface area contributed by atoms with E-state index in [9.17, 15) is 19.5 Å². The number of aliphatic hydroxyl groups is 1. The lowest BCUT2D eigenvalue weighted by Gasteiger charge is -2.38. The summed E-state index contributed by atoms with van der Waals surface area (Å²) < 4.78 is 6.49. The molecule has 3 saturated heterocycles. The fourth-order valence-electron chi connectivity index (χ4n) is 6.54. The van der Waals surface area contributed by atoms with Gasteiger partial charge in [-0.15, -0.1) is 0 Å². The zero-order valence-electron chi connectivity index (χ0n) is 20.0. The van der Waals surface area contributed by atoms with Crippen LogP contribution in [0.5, 0.6) is 0 Å². The van der Waals surface area contributed by atoms with Gasteiger partial charge < -0.3 is 25.4 Å². The Bertz CT molecular complexity index is 761. The molecule has 3 amide bonds. The molecule has 3 aliphatic heterocycles. The molecule has 3 fully saturated rings. The van der Waals surface area contributed by atoms with Gasteiger partial charge in [0.05, 0.1) is 17.4 Å². The van der Waals surface area contributed by atoms with Crippen LogP contribution < -0.4 is 10.6 Å². The number of likely N-dealkylation sites (tertiary alicyclic amines) is 1. The van der Waals surface area contributed by atoms with Crippen LogP contribution in [0, 0.1) is 17.3 Å². The van der Waals surface area contributed by atoms with Crippen molar-refractivity contribution in [2.75, 3.05) is 20.2 Å². The van der Waals surface area contributed by atoms with Crippen LogP contribution in [-0.4, -0.2) is 70.7 Å². The normalized spacial score (nSPS) is 34.8. The van der Waals surface area contributed by atoms with Gasteiger partial charge in [-0.2, -0.15) is 0 Å². The smallest absolute Gasteiger partial charge is 0.246 e. The second kappa shape index (κ2) is 7.73. The molecule has 0 aromatic rings. The Morgan fingerprint density at radius 2 is 1.84 bits per heavy atom. The number of rotatable bonds is 7. The number of carbonyl (C=O) groups is 3. The molecule has 0 saturated carbocycles. The second-order valence-corrected chi connectivity index (χ2v) is 11.6. The van der Waals surface area contributed by atoms with E-state index in [1.54, 1.807) is 11.9 Å². The second-order valence-electron chi connectivity index (χ2n) is 11.6. The number of aliphatic hydroxyl groups excluding tert-OH is 1. The van der Waals surface area contributed by atoms with Crippen LogP contribution in [0.4, 0.5) is 0 Å². The summed E-state index contributed by atoms with van der Waals surface area (Å²) in [6, 6.07) is -0.813. The number of ether oxygens (including phenoxy) is 1. The predicted molar refractivity (Wildman–Crippen MR) is 116 cm³/mol. The van der Waals surface area contributed by atoms with Crippen molar-refractivity contribution in [3.63, 3.8) is 0 Å². The molecule has 2 unspecified atom stereocenters. The van der Waals surface area contributed by atoms with Gasteiger partial charge in [-0.3, -0.25) is 14.4 Å². The number of carbonyl (C=O) groups excluding carboxylic acids is 3. The molecule has 1 spiro atoms. The number of hydrogen-bond donors (Lipinski definition) is 3. The Hall–Kier alpha value is -1.67. The summed E-state index contributed by atoms with van der Waals surface area (Å²) in [5.74, 6) is -2.01. The van der Waals surface area contributed by atoms with Crippen LogP contribution in [-0.2, 0) is 19.1 Å². The molecule has 8 nitrogen and oxygen atoms in total. The molecule has 0 aliphatic carbocycles. The molecule has 3 rings (SSSR count). The van der Waals surface area contributed by atoms with E-state index in [-0.39, 0.29) is 36.3 Å². The zero-order chi connectivity index (χ0) is 23.4. The fourth-order valence-corrected chi connectivity index (χ4v) is 6.54. The maximum atomic E-state index is 13.7. The van der Waals surface area contributed by atoms with Crippen LogP contribution >= 0.6 is 0 Å². The van der Waals surface area contributed by atoms with Crippen LogP contribution in [0.25, 0.3) is 0 Å². The molecule has 3 heterocycles. The summed E-state index contributed by atoms with van der Waals surface area (Å²) in [5, 5.41) is 15.2. The van der Waals surface area contributed by atoms with Crippen LogP contribution in [0.3, 0.4) is 0 Å². The number of nitrogens with one attached hydrogen (secondary N) is 2. The van der Waals surface area contributed by atoms with E-state index in [1.807, 2.05) is 20.8 Å². The number of hydrogen-bond acceptors (Lipinski definition) is 5. The van der Waals surface area contributed by atoms with Crippen molar-refractivity contribution in [1.82, 2.24) is 15.5 Å². The Kier molecular flexibility index (Phi) is 5.98. The first kappa shape index (κ1) is 24.0. The van der Waals surface area contributed by atoms with Crippen molar-refractivity contribution in [2.24, 2.45) is 17.3 Å². The predicted octanol–water partition coefficient (Wildman–Crippen LogP) is 1.21. The number of amides is 3. The van der Waals surface area contributed by atoms with Gasteiger partial charge in [-0.1, -0.05) is 20.8 Å². The van der Waals surface area contributed by atoms with Crippen molar-refractivity contribution in [1.29, 1.82) is 0 Å². The summed E-state index contributed by atoms with van der Waals surface area (Å²) in [6.45, 7) is 12.4. The Balaban J connectivity index is 1.98. The Morgan fingerprint density at radius 1 is 1.19 bits per heavy atom. The lowest BCUT2D eigenvalue weighted by molar-refractivity contribution is -0.147. The maximum absolute atomic E-state index is 13.7.